The Morgan fingerprint density at radius 3 is 2.28 bits per heavy atom. The van der Waals surface area contributed by atoms with Crippen LogP contribution < -0.4 is 25.1 Å². The molecule has 0 aliphatic rings. The molecule has 7 nitrogen and oxygen atoms in total. The average Bonchev–Trinajstić information content (AvgIpc) is 2.75. The van der Waals surface area contributed by atoms with Crippen molar-refractivity contribution >= 4 is 11.6 Å². The van der Waals surface area contributed by atoms with Gasteiger partial charge in [-0.1, -0.05) is 12.1 Å². The predicted octanol–water partition coefficient (Wildman–Crippen LogP) is 3.17. The number of nitrogens with zero attached hydrogens (tertiary/aromatic N) is 1. The zero-order chi connectivity index (χ0) is 20.8. The summed E-state index contributed by atoms with van der Waals surface area (Å²) in [5, 5.41) is 2.81. The highest BCUT2D eigenvalue weighted by Gasteiger charge is 2.12. The molecule has 0 spiro atoms. The van der Waals surface area contributed by atoms with Crippen LogP contribution in [0, 0.1) is 0 Å². The van der Waals surface area contributed by atoms with Crippen LogP contribution in [0.3, 0.4) is 0 Å². The molecule has 3 rings (SSSR count). The highest BCUT2D eigenvalue weighted by Crippen LogP contribution is 2.24. The van der Waals surface area contributed by atoms with Crippen LogP contribution in [0.25, 0.3) is 0 Å². The standard InChI is InChI=1S/C22H22N2O5/c1-27-17-10-15(11-18(12-17)28-2)13-24-14-16(8-9-21(24)25)22(26)23-19-6-4-5-7-20(19)29-3/h4-12,14H,13H2,1-3H3,(H,23,26). The lowest BCUT2D eigenvalue weighted by atomic mass is 10.2. The first kappa shape index (κ1) is 20.0. The lowest BCUT2D eigenvalue weighted by Crippen LogP contribution is -2.22. The van der Waals surface area contributed by atoms with Crippen molar-refractivity contribution in [1.29, 1.82) is 0 Å². The Hall–Kier alpha value is -3.74. The highest BCUT2D eigenvalue weighted by atomic mass is 16.5. The Labute approximate surface area is 168 Å². The molecule has 0 fully saturated rings. The van der Waals surface area contributed by atoms with Crippen molar-refractivity contribution in [2.24, 2.45) is 0 Å². The molecule has 2 aromatic carbocycles. The fourth-order valence-corrected chi connectivity index (χ4v) is 2.89. The molecule has 0 aliphatic carbocycles. The third-order valence-corrected chi connectivity index (χ3v) is 4.36. The van der Waals surface area contributed by atoms with Gasteiger partial charge in [0.15, 0.2) is 0 Å². The predicted molar refractivity (Wildman–Crippen MR) is 110 cm³/mol. The number of amides is 1. The summed E-state index contributed by atoms with van der Waals surface area (Å²) in [4.78, 5) is 25.0. The largest absolute Gasteiger partial charge is 0.497 e. The first-order valence-electron chi connectivity index (χ1n) is 8.91. The summed E-state index contributed by atoms with van der Waals surface area (Å²) in [5.41, 5.74) is 1.49. The van der Waals surface area contributed by atoms with E-state index in [1.807, 2.05) is 18.2 Å². The van der Waals surface area contributed by atoms with Crippen molar-refractivity contribution in [2.75, 3.05) is 26.6 Å². The van der Waals surface area contributed by atoms with Crippen LogP contribution >= 0.6 is 0 Å². The number of carbonyl (C=O) groups is 1. The number of rotatable bonds is 7. The molecule has 0 saturated heterocycles. The monoisotopic (exact) mass is 394 g/mol. The van der Waals surface area contributed by atoms with Gasteiger partial charge in [0.25, 0.3) is 11.5 Å². The number of ether oxygens (including phenoxy) is 3. The van der Waals surface area contributed by atoms with Gasteiger partial charge in [0.1, 0.15) is 17.2 Å². The second-order valence-electron chi connectivity index (χ2n) is 6.26. The SMILES string of the molecule is COc1cc(Cn2cc(C(=O)Nc3ccccc3OC)ccc2=O)cc(OC)c1. The molecule has 0 unspecified atom stereocenters. The lowest BCUT2D eigenvalue weighted by Gasteiger charge is -2.12. The van der Waals surface area contributed by atoms with Crippen LogP contribution in [0.5, 0.6) is 17.2 Å². The Kier molecular flexibility index (Phi) is 6.19. The minimum Gasteiger partial charge on any atom is -0.497 e. The third kappa shape index (κ3) is 4.76. The molecular weight excluding hydrogens is 372 g/mol. The molecule has 0 bridgehead atoms. The lowest BCUT2D eigenvalue weighted by molar-refractivity contribution is 0.102. The van der Waals surface area contributed by atoms with Crippen LogP contribution in [-0.4, -0.2) is 31.8 Å². The molecular formula is C22H22N2O5. The number of nitrogens with one attached hydrogen (secondary N) is 1. The van der Waals surface area contributed by atoms with Crippen molar-refractivity contribution in [3.8, 4) is 17.2 Å². The molecule has 0 radical (unpaired) electrons. The Morgan fingerprint density at radius 1 is 0.931 bits per heavy atom. The summed E-state index contributed by atoms with van der Waals surface area (Å²) in [6, 6.07) is 15.4. The van der Waals surface area contributed by atoms with E-state index >= 15 is 0 Å². The van der Waals surface area contributed by atoms with Crippen LogP contribution in [0.4, 0.5) is 5.69 Å². The number of hydrogen-bond acceptors (Lipinski definition) is 5. The Morgan fingerprint density at radius 2 is 1.62 bits per heavy atom. The van der Waals surface area contributed by atoms with Crippen LogP contribution in [-0.2, 0) is 6.54 Å². The van der Waals surface area contributed by atoms with E-state index in [4.69, 9.17) is 14.2 Å². The molecule has 1 N–H and O–H groups in total. The second-order valence-corrected chi connectivity index (χ2v) is 6.26. The molecule has 7 heteroatoms. The molecule has 1 amide bonds. The van der Waals surface area contributed by atoms with Gasteiger partial charge >= 0.3 is 0 Å². The number of methoxy groups -OCH3 is 3. The number of anilines is 1. The molecule has 0 saturated carbocycles. The minimum atomic E-state index is -0.341. The maximum atomic E-state index is 12.7. The molecule has 29 heavy (non-hydrogen) atoms. The van der Waals surface area contributed by atoms with Gasteiger partial charge in [0, 0.05) is 18.3 Å². The quantitative estimate of drug-likeness (QED) is 0.666. The first-order chi connectivity index (χ1) is 14.0. The molecule has 150 valence electrons. The number of carbonyl (C=O) groups excluding carboxylic acids is 1. The summed E-state index contributed by atoms with van der Waals surface area (Å²) >= 11 is 0. The van der Waals surface area contributed by atoms with Gasteiger partial charge in [-0.25, -0.2) is 0 Å². The minimum absolute atomic E-state index is 0.222. The van der Waals surface area contributed by atoms with E-state index in [2.05, 4.69) is 5.32 Å². The number of hydrogen-bond donors (Lipinski definition) is 1. The van der Waals surface area contributed by atoms with Crippen molar-refractivity contribution in [1.82, 2.24) is 4.57 Å². The van der Waals surface area contributed by atoms with E-state index in [1.165, 1.54) is 30.0 Å². The van der Waals surface area contributed by atoms with E-state index in [9.17, 15) is 9.59 Å². The van der Waals surface area contributed by atoms with Gasteiger partial charge in [-0.05, 0) is 35.9 Å². The average molecular weight is 394 g/mol. The van der Waals surface area contributed by atoms with Crippen LogP contribution in [0.1, 0.15) is 15.9 Å². The number of benzene rings is 2. The number of aromatic nitrogens is 1. The van der Waals surface area contributed by atoms with Crippen molar-refractivity contribution in [3.63, 3.8) is 0 Å². The fraction of sp³-hybridized carbons (Fsp3) is 0.182. The van der Waals surface area contributed by atoms with Crippen LogP contribution in [0.2, 0.25) is 0 Å². The summed E-state index contributed by atoms with van der Waals surface area (Å²) in [7, 11) is 4.66. The molecule has 1 aromatic heterocycles. The highest BCUT2D eigenvalue weighted by molar-refractivity contribution is 6.04. The smallest absolute Gasteiger partial charge is 0.257 e. The van der Waals surface area contributed by atoms with Crippen LogP contribution in [0.15, 0.2) is 65.6 Å². The van der Waals surface area contributed by atoms with Crippen molar-refractivity contribution in [3.05, 3.63) is 82.3 Å². The topological polar surface area (TPSA) is 78.8 Å². The van der Waals surface area contributed by atoms with Gasteiger partial charge in [0.05, 0.1) is 39.1 Å². The summed E-state index contributed by atoms with van der Waals surface area (Å²) < 4.78 is 17.3. The van der Waals surface area contributed by atoms with Gasteiger partial charge < -0.3 is 24.1 Å². The van der Waals surface area contributed by atoms with E-state index in [0.29, 0.717) is 28.5 Å². The third-order valence-electron chi connectivity index (χ3n) is 4.36. The molecule has 1 heterocycles. The summed E-state index contributed by atoms with van der Waals surface area (Å²) in [6.07, 6.45) is 1.53. The van der Waals surface area contributed by atoms with Gasteiger partial charge in [-0.15, -0.1) is 0 Å². The summed E-state index contributed by atoms with van der Waals surface area (Å²) in [6.45, 7) is 0.266. The maximum Gasteiger partial charge on any atom is 0.257 e. The van der Waals surface area contributed by atoms with E-state index in [1.54, 1.807) is 38.5 Å². The maximum absolute atomic E-state index is 12.7. The zero-order valence-electron chi connectivity index (χ0n) is 16.5. The number of pyridine rings is 1. The summed E-state index contributed by atoms with van der Waals surface area (Å²) in [5.74, 6) is 1.46. The second kappa shape index (κ2) is 8.97. The van der Waals surface area contributed by atoms with Gasteiger partial charge in [0.2, 0.25) is 0 Å². The molecule has 3 aromatic rings. The van der Waals surface area contributed by atoms with Gasteiger partial charge in [-0.3, -0.25) is 9.59 Å². The molecule has 0 aliphatic heterocycles. The Balaban J connectivity index is 1.86. The van der Waals surface area contributed by atoms with E-state index < -0.39 is 0 Å². The van der Waals surface area contributed by atoms with E-state index in [-0.39, 0.29) is 18.0 Å². The van der Waals surface area contributed by atoms with Crippen molar-refractivity contribution < 1.29 is 19.0 Å². The molecule has 0 atom stereocenters. The first-order valence-corrected chi connectivity index (χ1v) is 8.91. The number of para-hydroxylation sites is 2. The normalized spacial score (nSPS) is 10.3. The van der Waals surface area contributed by atoms with Gasteiger partial charge in [-0.2, -0.15) is 0 Å². The Bertz CT molecular complexity index is 1050. The van der Waals surface area contributed by atoms with Crippen molar-refractivity contribution in [2.45, 2.75) is 6.54 Å². The zero-order valence-corrected chi connectivity index (χ0v) is 16.5. The fourth-order valence-electron chi connectivity index (χ4n) is 2.89. The van der Waals surface area contributed by atoms with E-state index in [0.717, 1.165) is 5.56 Å².